The van der Waals surface area contributed by atoms with E-state index in [1.54, 1.807) is 0 Å². The number of rotatable bonds is 4. The summed E-state index contributed by atoms with van der Waals surface area (Å²) in [5, 5.41) is 9.51. The number of ether oxygens (including phenoxy) is 1. The van der Waals surface area contributed by atoms with Gasteiger partial charge in [0, 0.05) is 11.5 Å². The molecule has 1 fully saturated rings. The highest BCUT2D eigenvalue weighted by molar-refractivity contribution is 5.70. The molecule has 1 N–H and O–H groups in total. The number of para-hydroxylation sites is 1. The summed E-state index contributed by atoms with van der Waals surface area (Å²) in [5.74, 6) is 1.56. The quantitative estimate of drug-likeness (QED) is 0.908. The normalized spacial score (nSPS) is 31.5. The molecule has 3 rings (SSSR count). The Morgan fingerprint density at radius 3 is 2.90 bits per heavy atom. The number of carbonyl (C=O) groups is 1. The molecule has 0 saturated heterocycles. The molecule has 1 aromatic carbocycles. The molecule has 0 amide bonds. The molecule has 21 heavy (non-hydrogen) atoms. The zero-order valence-electron chi connectivity index (χ0n) is 12.6. The van der Waals surface area contributed by atoms with Crippen molar-refractivity contribution in [3.05, 3.63) is 29.8 Å². The molecule has 0 bridgehead atoms. The molecule has 4 unspecified atom stereocenters. The number of hydrogen-bond donors (Lipinski definition) is 1. The van der Waals surface area contributed by atoms with E-state index in [0.29, 0.717) is 24.4 Å². The second kappa shape index (κ2) is 6.08. The summed E-state index contributed by atoms with van der Waals surface area (Å²) in [6.45, 7) is 2.93. The Labute approximate surface area is 126 Å². The highest BCUT2D eigenvalue weighted by Gasteiger charge is 2.37. The monoisotopic (exact) mass is 288 g/mol. The van der Waals surface area contributed by atoms with Gasteiger partial charge in [0.25, 0.3) is 0 Å². The fraction of sp³-hybridized carbons (Fsp3) is 0.611. The van der Waals surface area contributed by atoms with Crippen molar-refractivity contribution in [3.8, 4) is 5.75 Å². The molecule has 1 heterocycles. The molecule has 4 atom stereocenters. The fourth-order valence-electron chi connectivity index (χ4n) is 4.11. The van der Waals surface area contributed by atoms with Crippen molar-refractivity contribution in [2.75, 3.05) is 6.61 Å². The molecular weight excluding hydrogens is 264 g/mol. The number of carboxylic acid groups (broad SMARTS) is 1. The van der Waals surface area contributed by atoms with Crippen molar-refractivity contribution in [1.82, 2.24) is 0 Å². The molecule has 1 aromatic rings. The first-order valence-corrected chi connectivity index (χ1v) is 8.13. The van der Waals surface area contributed by atoms with Crippen LogP contribution in [0.3, 0.4) is 0 Å². The molecule has 3 nitrogen and oxygen atoms in total. The molecule has 3 heteroatoms. The van der Waals surface area contributed by atoms with Gasteiger partial charge >= 0.3 is 5.97 Å². The van der Waals surface area contributed by atoms with Crippen molar-refractivity contribution < 1.29 is 14.6 Å². The molecule has 0 aromatic heterocycles. The van der Waals surface area contributed by atoms with Gasteiger partial charge in [-0.2, -0.15) is 0 Å². The third-order valence-corrected chi connectivity index (χ3v) is 5.37. The third kappa shape index (κ3) is 2.92. The van der Waals surface area contributed by atoms with Crippen LogP contribution < -0.4 is 4.74 Å². The maximum atomic E-state index is 11.5. The summed E-state index contributed by atoms with van der Waals surface area (Å²) in [6.07, 6.45) is 5.09. The van der Waals surface area contributed by atoms with E-state index >= 15 is 0 Å². The van der Waals surface area contributed by atoms with Crippen molar-refractivity contribution in [2.45, 2.75) is 44.9 Å². The number of aliphatic carboxylic acids is 1. The van der Waals surface area contributed by atoms with Gasteiger partial charge in [-0.3, -0.25) is 4.79 Å². The minimum Gasteiger partial charge on any atom is -0.493 e. The predicted molar refractivity (Wildman–Crippen MR) is 81.5 cm³/mol. The minimum atomic E-state index is -0.609. The molecule has 1 saturated carbocycles. The van der Waals surface area contributed by atoms with Crippen LogP contribution in [0.25, 0.3) is 0 Å². The molecule has 1 aliphatic heterocycles. The Hall–Kier alpha value is -1.51. The Bertz CT molecular complexity index is 511. The first kappa shape index (κ1) is 14.4. The number of benzene rings is 1. The average Bonchev–Trinajstić information content (AvgIpc) is 2.90. The fourth-order valence-corrected chi connectivity index (χ4v) is 4.11. The maximum absolute atomic E-state index is 11.5. The first-order valence-electron chi connectivity index (χ1n) is 8.13. The van der Waals surface area contributed by atoms with Crippen molar-refractivity contribution in [3.63, 3.8) is 0 Å². The zero-order valence-corrected chi connectivity index (χ0v) is 12.6. The molecule has 1 aliphatic carbocycles. The number of hydrogen-bond acceptors (Lipinski definition) is 2. The lowest BCUT2D eigenvalue weighted by atomic mass is 9.69. The summed E-state index contributed by atoms with van der Waals surface area (Å²) in [6, 6.07) is 8.18. The van der Waals surface area contributed by atoms with E-state index in [0.717, 1.165) is 31.4 Å². The highest BCUT2D eigenvalue weighted by atomic mass is 16.5. The standard InChI is InChI=1S/C18H24O3/c1-2-12-7-8-16(18(19)20)13(9-12)10-14-11-21-17-6-4-3-5-15(14)17/h3-6,12-14,16H,2,7-11H2,1H3,(H,19,20). The predicted octanol–water partition coefficient (Wildman–Crippen LogP) is 4.08. The van der Waals surface area contributed by atoms with E-state index in [1.807, 2.05) is 18.2 Å². The Kier molecular flexibility index (Phi) is 4.18. The van der Waals surface area contributed by atoms with E-state index in [4.69, 9.17) is 4.74 Å². The zero-order chi connectivity index (χ0) is 14.8. The van der Waals surface area contributed by atoms with Crippen LogP contribution in [-0.2, 0) is 4.79 Å². The highest BCUT2D eigenvalue weighted by Crippen LogP contribution is 2.44. The van der Waals surface area contributed by atoms with Crippen molar-refractivity contribution >= 4 is 5.97 Å². The minimum absolute atomic E-state index is 0.166. The van der Waals surface area contributed by atoms with Crippen LogP contribution in [0.15, 0.2) is 24.3 Å². The van der Waals surface area contributed by atoms with Gasteiger partial charge in [-0.15, -0.1) is 0 Å². The van der Waals surface area contributed by atoms with Gasteiger partial charge in [0.15, 0.2) is 0 Å². The van der Waals surface area contributed by atoms with Gasteiger partial charge in [-0.1, -0.05) is 31.5 Å². The summed E-state index contributed by atoms with van der Waals surface area (Å²) >= 11 is 0. The van der Waals surface area contributed by atoms with E-state index < -0.39 is 5.97 Å². The first-order chi connectivity index (χ1) is 10.2. The molecule has 114 valence electrons. The summed E-state index contributed by atoms with van der Waals surface area (Å²) in [5.41, 5.74) is 1.26. The molecule has 2 aliphatic rings. The summed E-state index contributed by atoms with van der Waals surface area (Å²) in [4.78, 5) is 11.5. The van der Waals surface area contributed by atoms with Gasteiger partial charge in [-0.25, -0.2) is 0 Å². The van der Waals surface area contributed by atoms with Crippen LogP contribution in [0.4, 0.5) is 0 Å². The van der Waals surface area contributed by atoms with Gasteiger partial charge in [0.05, 0.1) is 12.5 Å². The van der Waals surface area contributed by atoms with Crippen LogP contribution >= 0.6 is 0 Å². The SMILES string of the molecule is CCC1CCC(C(=O)O)C(CC2COc3ccccc32)C1. The van der Waals surface area contributed by atoms with E-state index in [-0.39, 0.29) is 5.92 Å². The van der Waals surface area contributed by atoms with Crippen LogP contribution in [0.2, 0.25) is 0 Å². The average molecular weight is 288 g/mol. The van der Waals surface area contributed by atoms with Crippen LogP contribution in [0.5, 0.6) is 5.75 Å². The Morgan fingerprint density at radius 2 is 2.14 bits per heavy atom. The number of carboxylic acids is 1. The van der Waals surface area contributed by atoms with Gasteiger partial charge < -0.3 is 9.84 Å². The van der Waals surface area contributed by atoms with Crippen LogP contribution in [0, 0.1) is 17.8 Å². The van der Waals surface area contributed by atoms with Crippen molar-refractivity contribution in [1.29, 1.82) is 0 Å². The van der Waals surface area contributed by atoms with Gasteiger partial charge in [-0.05, 0) is 43.6 Å². The Balaban J connectivity index is 1.74. The van der Waals surface area contributed by atoms with Crippen molar-refractivity contribution in [2.24, 2.45) is 17.8 Å². The third-order valence-electron chi connectivity index (χ3n) is 5.37. The van der Waals surface area contributed by atoms with E-state index in [9.17, 15) is 9.90 Å². The lowest BCUT2D eigenvalue weighted by Gasteiger charge is -2.34. The lowest BCUT2D eigenvalue weighted by molar-refractivity contribution is -0.145. The molecular formula is C18H24O3. The van der Waals surface area contributed by atoms with Gasteiger partial charge in [0.1, 0.15) is 5.75 Å². The maximum Gasteiger partial charge on any atom is 0.306 e. The van der Waals surface area contributed by atoms with E-state index in [1.165, 1.54) is 12.0 Å². The van der Waals surface area contributed by atoms with Crippen LogP contribution in [-0.4, -0.2) is 17.7 Å². The molecule has 0 spiro atoms. The van der Waals surface area contributed by atoms with Gasteiger partial charge in [0.2, 0.25) is 0 Å². The second-order valence-electron chi connectivity index (χ2n) is 6.57. The largest absolute Gasteiger partial charge is 0.493 e. The topological polar surface area (TPSA) is 46.5 Å². The summed E-state index contributed by atoms with van der Waals surface area (Å²) < 4.78 is 5.75. The van der Waals surface area contributed by atoms with E-state index in [2.05, 4.69) is 13.0 Å². The number of fused-ring (bicyclic) bond motifs is 1. The smallest absolute Gasteiger partial charge is 0.306 e. The molecule has 0 radical (unpaired) electrons. The summed E-state index contributed by atoms with van der Waals surface area (Å²) in [7, 11) is 0. The lowest BCUT2D eigenvalue weighted by Crippen LogP contribution is -2.31. The Morgan fingerprint density at radius 1 is 1.33 bits per heavy atom. The van der Waals surface area contributed by atoms with Crippen LogP contribution in [0.1, 0.15) is 50.5 Å². The second-order valence-corrected chi connectivity index (χ2v) is 6.57.